The van der Waals surface area contributed by atoms with Crippen molar-refractivity contribution in [2.45, 2.75) is 25.7 Å². The van der Waals surface area contributed by atoms with Crippen molar-refractivity contribution < 1.29 is 0 Å². The van der Waals surface area contributed by atoms with Crippen molar-refractivity contribution in [3.05, 3.63) is 77.4 Å². The lowest BCUT2D eigenvalue weighted by atomic mass is 9.88. The second kappa shape index (κ2) is 8.81. The van der Waals surface area contributed by atoms with Crippen LogP contribution in [0.4, 0.5) is 0 Å². The van der Waals surface area contributed by atoms with Gasteiger partial charge >= 0.3 is 0 Å². The highest BCUT2D eigenvalue weighted by atomic mass is 15.1. The highest BCUT2D eigenvalue weighted by molar-refractivity contribution is 5.82. The minimum Gasteiger partial charge on any atom is -0.330 e. The monoisotopic (exact) mass is 320 g/mol. The molecule has 2 nitrogen and oxygen atoms in total. The molecule has 1 aliphatic rings. The maximum Gasteiger partial charge on any atom is 0.00190 e. The predicted molar refractivity (Wildman–Crippen MR) is 103 cm³/mol. The molecule has 0 unspecified atom stereocenters. The van der Waals surface area contributed by atoms with Crippen molar-refractivity contribution in [3.63, 3.8) is 0 Å². The molecule has 0 saturated carbocycles. The first-order valence-electron chi connectivity index (χ1n) is 9.14. The molecule has 3 rings (SSSR count). The Labute approximate surface area is 146 Å². The molecule has 2 N–H and O–H groups in total. The Morgan fingerprint density at radius 1 is 0.792 bits per heavy atom. The summed E-state index contributed by atoms with van der Waals surface area (Å²) in [7, 11) is 0. The summed E-state index contributed by atoms with van der Waals surface area (Å²) in [4.78, 5) is 2.59. The fourth-order valence-corrected chi connectivity index (χ4v) is 3.56. The van der Waals surface area contributed by atoms with E-state index in [2.05, 4.69) is 65.6 Å². The van der Waals surface area contributed by atoms with Crippen molar-refractivity contribution in [3.8, 4) is 0 Å². The summed E-state index contributed by atoms with van der Waals surface area (Å²) >= 11 is 0. The lowest BCUT2D eigenvalue weighted by Gasteiger charge is -2.30. The summed E-state index contributed by atoms with van der Waals surface area (Å²) < 4.78 is 0. The molecule has 0 amide bonds. The highest BCUT2D eigenvalue weighted by Gasteiger charge is 2.18. The lowest BCUT2D eigenvalue weighted by molar-refractivity contribution is 0.252. The van der Waals surface area contributed by atoms with E-state index in [-0.39, 0.29) is 0 Å². The SMILES string of the molecule is NCCCCN1CCC(=C(c2ccccc2)c2ccccc2)CC1. The van der Waals surface area contributed by atoms with Gasteiger partial charge < -0.3 is 10.6 Å². The average Bonchev–Trinajstić information content (AvgIpc) is 2.65. The van der Waals surface area contributed by atoms with Gasteiger partial charge in [-0.05, 0) is 55.5 Å². The Morgan fingerprint density at radius 2 is 1.33 bits per heavy atom. The van der Waals surface area contributed by atoms with E-state index in [1.165, 1.54) is 55.6 Å². The molecule has 0 atom stereocenters. The number of piperidine rings is 1. The maximum atomic E-state index is 5.61. The Balaban J connectivity index is 1.80. The molecule has 1 fully saturated rings. The van der Waals surface area contributed by atoms with Crippen LogP contribution in [0.3, 0.4) is 0 Å². The molecule has 2 heteroatoms. The molecular weight excluding hydrogens is 292 g/mol. The number of likely N-dealkylation sites (tertiary alicyclic amines) is 1. The van der Waals surface area contributed by atoms with Crippen LogP contribution in [-0.2, 0) is 0 Å². The molecule has 1 aliphatic heterocycles. The zero-order chi connectivity index (χ0) is 16.6. The summed E-state index contributed by atoms with van der Waals surface area (Å²) in [5, 5.41) is 0. The molecule has 0 aliphatic carbocycles. The number of benzene rings is 2. The van der Waals surface area contributed by atoms with Crippen LogP contribution in [0.2, 0.25) is 0 Å². The zero-order valence-corrected chi connectivity index (χ0v) is 14.5. The van der Waals surface area contributed by atoms with Gasteiger partial charge in [-0.25, -0.2) is 0 Å². The van der Waals surface area contributed by atoms with Crippen molar-refractivity contribution >= 4 is 5.57 Å². The zero-order valence-electron chi connectivity index (χ0n) is 14.5. The van der Waals surface area contributed by atoms with E-state index in [0.29, 0.717) is 0 Å². The van der Waals surface area contributed by atoms with Crippen molar-refractivity contribution in [1.82, 2.24) is 4.90 Å². The molecular formula is C22H28N2. The quantitative estimate of drug-likeness (QED) is 0.803. The Hall–Kier alpha value is -1.90. The maximum absolute atomic E-state index is 5.61. The van der Waals surface area contributed by atoms with Gasteiger partial charge in [-0.15, -0.1) is 0 Å². The molecule has 126 valence electrons. The van der Waals surface area contributed by atoms with Crippen LogP contribution >= 0.6 is 0 Å². The minimum atomic E-state index is 0.811. The van der Waals surface area contributed by atoms with Gasteiger partial charge in [0, 0.05) is 13.1 Å². The number of rotatable bonds is 6. The second-order valence-electron chi connectivity index (χ2n) is 6.55. The Morgan fingerprint density at radius 3 is 1.83 bits per heavy atom. The van der Waals surface area contributed by atoms with Crippen LogP contribution in [0.1, 0.15) is 36.8 Å². The van der Waals surface area contributed by atoms with Gasteiger partial charge in [0.1, 0.15) is 0 Å². The first kappa shape index (κ1) is 16.9. The van der Waals surface area contributed by atoms with Crippen LogP contribution < -0.4 is 5.73 Å². The molecule has 0 spiro atoms. The normalized spacial score (nSPS) is 15.5. The van der Waals surface area contributed by atoms with Crippen molar-refractivity contribution in [1.29, 1.82) is 0 Å². The van der Waals surface area contributed by atoms with Crippen LogP contribution in [0, 0.1) is 0 Å². The van der Waals surface area contributed by atoms with Crippen molar-refractivity contribution in [2.24, 2.45) is 5.73 Å². The standard InChI is InChI=1S/C22H28N2/c23-15-7-8-16-24-17-13-21(14-18-24)22(19-9-3-1-4-10-19)20-11-5-2-6-12-20/h1-6,9-12H,7-8,13-18,23H2. The Bertz CT molecular complexity index is 595. The largest absolute Gasteiger partial charge is 0.330 e. The molecule has 24 heavy (non-hydrogen) atoms. The third-order valence-corrected chi connectivity index (χ3v) is 4.87. The van der Waals surface area contributed by atoms with E-state index < -0.39 is 0 Å². The van der Waals surface area contributed by atoms with E-state index in [0.717, 1.165) is 13.0 Å². The fraction of sp³-hybridized carbons (Fsp3) is 0.364. The third kappa shape index (κ3) is 4.34. The minimum absolute atomic E-state index is 0.811. The molecule has 2 aromatic rings. The average molecular weight is 320 g/mol. The summed E-state index contributed by atoms with van der Waals surface area (Å²) in [5.41, 5.74) is 11.3. The van der Waals surface area contributed by atoms with Crippen LogP contribution in [0.15, 0.2) is 66.2 Å². The van der Waals surface area contributed by atoms with Crippen LogP contribution in [-0.4, -0.2) is 31.1 Å². The molecule has 0 radical (unpaired) electrons. The summed E-state index contributed by atoms with van der Waals surface area (Å²) in [5.74, 6) is 0. The van der Waals surface area contributed by atoms with Gasteiger partial charge in [-0.1, -0.05) is 66.2 Å². The van der Waals surface area contributed by atoms with E-state index in [1.54, 1.807) is 5.57 Å². The number of nitrogens with zero attached hydrogens (tertiary/aromatic N) is 1. The summed E-state index contributed by atoms with van der Waals surface area (Å²) in [6, 6.07) is 21.7. The number of hydrogen-bond donors (Lipinski definition) is 1. The van der Waals surface area contributed by atoms with Crippen LogP contribution in [0.25, 0.3) is 5.57 Å². The first-order chi connectivity index (χ1) is 11.9. The summed E-state index contributed by atoms with van der Waals surface area (Å²) in [6.45, 7) is 4.34. The van der Waals surface area contributed by atoms with Gasteiger partial charge in [-0.2, -0.15) is 0 Å². The second-order valence-corrected chi connectivity index (χ2v) is 6.55. The molecule has 1 saturated heterocycles. The van der Waals surface area contributed by atoms with Gasteiger partial charge in [-0.3, -0.25) is 0 Å². The van der Waals surface area contributed by atoms with E-state index in [4.69, 9.17) is 5.73 Å². The van der Waals surface area contributed by atoms with E-state index in [1.807, 2.05) is 0 Å². The van der Waals surface area contributed by atoms with Gasteiger partial charge in [0.2, 0.25) is 0 Å². The van der Waals surface area contributed by atoms with E-state index >= 15 is 0 Å². The van der Waals surface area contributed by atoms with Gasteiger partial charge in [0.25, 0.3) is 0 Å². The molecule has 1 heterocycles. The van der Waals surface area contributed by atoms with Gasteiger partial charge in [0.15, 0.2) is 0 Å². The molecule has 2 aromatic carbocycles. The smallest absolute Gasteiger partial charge is 0.00190 e. The molecule has 0 bridgehead atoms. The fourth-order valence-electron chi connectivity index (χ4n) is 3.56. The molecule has 0 aromatic heterocycles. The highest BCUT2D eigenvalue weighted by Crippen LogP contribution is 2.32. The number of nitrogens with two attached hydrogens (primary N) is 1. The third-order valence-electron chi connectivity index (χ3n) is 4.87. The predicted octanol–water partition coefficient (Wildman–Crippen LogP) is 4.32. The summed E-state index contributed by atoms with van der Waals surface area (Å²) in [6.07, 6.45) is 4.70. The van der Waals surface area contributed by atoms with Crippen LogP contribution in [0.5, 0.6) is 0 Å². The topological polar surface area (TPSA) is 29.3 Å². The lowest BCUT2D eigenvalue weighted by Crippen LogP contribution is -2.32. The van der Waals surface area contributed by atoms with E-state index in [9.17, 15) is 0 Å². The number of unbranched alkanes of at least 4 members (excludes halogenated alkanes) is 1. The first-order valence-corrected chi connectivity index (χ1v) is 9.14. The van der Waals surface area contributed by atoms with Crippen molar-refractivity contribution in [2.75, 3.05) is 26.2 Å². The van der Waals surface area contributed by atoms with Gasteiger partial charge in [0.05, 0.1) is 0 Å². The number of hydrogen-bond acceptors (Lipinski definition) is 2. The Kier molecular flexibility index (Phi) is 6.22.